The lowest BCUT2D eigenvalue weighted by Gasteiger charge is -2.18. The first-order chi connectivity index (χ1) is 9.60. The predicted molar refractivity (Wildman–Crippen MR) is 95.9 cm³/mol. The van der Waals surface area contributed by atoms with Crippen molar-refractivity contribution < 1.29 is 0 Å². The summed E-state index contributed by atoms with van der Waals surface area (Å²) in [6, 6.07) is 10.7. The molecule has 5 heteroatoms. The zero-order valence-electron chi connectivity index (χ0n) is 11.1. The second-order valence-electron chi connectivity index (χ2n) is 4.59. The van der Waals surface area contributed by atoms with Crippen LogP contribution in [0.2, 0.25) is 5.02 Å². The van der Waals surface area contributed by atoms with Crippen LogP contribution in [0, 0.1) is 0 Å². The van der Waals surface area contributed by atoms with Gasteiger partial charge < -0.3 is 5.32 Å². The van der Waals surface area contributed by atoms with E-state index in [1.54, 1.807) is 11.3 Å². The minimum atomic E-state index is 0.310. The fraction of sp³-hybridized carbons (Fsp3) is 0.333. The second-order valence-corrected chi connectivity index (χ2v) is 8.41. The van der Waals surface area contributed by atoms with Crippen molar-refractivity contribution >= 4 is 54.8 Å². The third-order valence-corrected chi connectivity index (χ3v) is 5.60. The molecule has 0 saturated heterocycles. The molecule has 1 atom stereocenters. The summed E-state index contributed by atoms with van der Waals surface area (Å²) in [5, 5.41) is 4.43. The monoisotopic (exact) mass is 435 g/mol. The maximum absolute atomic E-state index is 6.34. The van der Waals surface area contributed by atoms with Crippen LogP contribution in [0.25, 0.3) is 0 Å². The lowest BCUT2D eigenvalue weighted by atomic mass is 10.0. The van der Waals surface area contributed by atoms with Crippen molar-refractivity contribution in [3.05, 3.63) is 54.1 Å². The molecule has 0 aliphatic carbocycles. The van der Waals surface area contributed by atoms with Crippen molar-refractivity contribution in [1.82, 2.24) is 5.32 Å². The fourth-order valence-electron chi connectivity index (χ4n) is 2.01. The van der Waals surface area contributed by atoms with Crippen molar-refractivity contribution in [3.8, 4) is 0 Å². The summed E-state index contributed by atoms with van der Waals surface area (Å²) < 4.78 is 2.18. The maximum atomic E-state index is 6.34. The summed E-state index contributed by atoms with van der Waals surface area (Å²) in [6.45, 7) is 3.19. The molecule has 1 nitrogen and oxygen atoms in total. The standard InChI is InChI=1S/C15H16Br2ClNS/c1-2-7-19-13(14-5-6-15(17)20-14)8-10-3-4-11(16)9-12(10)18/h3-6,9,13,19H,2,7-8H2,1H3. The van der Waals surface area contributed by atoms with E-state index < -0.39 is 0 Å². The van der Waals surface area contributed by atoms with E-state index in [2.05, 4.69) is 62.3 Å². The second kappa shape index (κ2) is 7.95. The summed E-state index contributed by atoms with van der Waals surface area (Å²) >= 11 is 15.1. The molecule has 2 aromatic rings. The quantitative estimate of drug-likeness (QED) is 0.566. The molecule has 1 unspecified atom stereocenters. The van der Waals surface area contributed by atoms with Crippen LogP contribution in [0.1, 0.15) is 29.8 Å². The molecule has 2 rings (SSSR count). The van der Waals surface area contributed by atoms with Crippen LogP contribution in [0.15, 0.2) is 38.6 Å². The van der Waals surface area contributed by atoms with Gasteiger partial charge in [0.15, 0.2) is 0 Å². The first-order valence-electron chi connectivity index (χ1n) is 6.52. The number of hydrogen-bond acceptors (Lipinski definition) is 2. The third kappa shape index (κ3) is 4.57. The number of thiophene rings is 1. The lowest BCUT2D eigenvalue weighted by molar-refractivity contribution is 0.536. The van der Waals surface area contributed by atoms with E-state index in [1.807, 2.05) is 12.1 Å². The highest BCUT2D eigenvalue weighted by Gasteiger charge is 2.15. The zero-order valence-corrected chi connectivity index (χ0v) is 15.9. The van der Waals surface area contributed by atoms with Crippen molar-refractivity contribution in [2.75, 3.05) is 6.54 Å². The van der Waals surface area contributed by atoms with E-state index in [4.69, 9.17) is 11.6 Å². The molecule has 0 fully saturated rings. The Balaban J connectivity index is 2.18. The van der Waals surface area contributed by atoms with Crippen LogP contribution in [0.3, 0.4) is 0 Å². The van der Waals surface area contributed by atoms with E-state index in [0.717, 1.165) is 32.7 Å². The molecule has 0 amide bonds. The fourth-order valence-corrected chi connectivity index (χ4v) is 4.26. The molecule has 0 aliphatic rings. The number of nitrogens with one attached hydrogen (secondary N) is 1. The minimum absolute atomic E-state index is 0.310. The normalized spacial score (nSPS) is 12.6. The van der Waals surface area contributed by atoms with Gasteiger partial charge in [-0.1, -0.05) is 40.5 Å². The van der Waals surface area contributed by atoms with Gasteiger partial charge in [-0.05, 0) is 65.1 Å². The zero-order chi connectivity index (χ0) is 14.5. The predicted octanol–water partition coefficient (Wildman–Crippen LogP) is 6.21. The van der Waals surface area contributed by atoms with Crippen LogP contribution >= 0.6 is 54.8 Å². The number of benzene rings is 1. The van der Waals surface area contributed by atoms with Crippen molar-refractivity contribution in [1.29, 1.82) is 0 Å². The third-order valence-electron chi connectivity index (χ3n) is 3.02. The van der Waals surface area contributed by atoms with E-state index in [9.17, 15) is 0 Å². The van der Waals surface area contributed by atoms with Gasteiger partial charge in [0.05, 0.1) is 3.79 Å². The van der Waals surface area contributed by atoms with Crippen LogP contribution < -0.4 is 5.32 Å². The summed E-state index contributed by atoms with van der Waals surface area (Å²) in [7, 11) is 0. The Morgan fingerprint density at radius 2 is 2.05 bits per heavy atom. The Labute approximate surface area is 146 Å². The van der Waals surface area contributed by atoms with E-state index in [1.165, 1.54) is 10.4 Å². The smallest absolute Gasteiger partial charge is 0.0701 e. The Bertz CT molecular complexity index is 571. The molecule has 1 aromatic heterocycles. The molecule has 0 saturated carbocycles. The van der Waals surface area contributed by atoms with Gasteiger partial charge in [0.1, 0.15) is 0 Å². The van der Waals surface area contributed by atoms with Crippen LogP contribution in [0.4, 0.5) is 0 Å². The molecule has 20 heavy (non-hydrogen) atoms. The highest BCUT2D eigenvalue weighted by atomic mass is 79.9. The van der Waals surface area contributed by atoms with Gasteiger partial charge in [0.25, 0.3) is 0 Å². The summed E-state index contributed by atoms with van der Waals surface area (Å²) in [5.41, 5.74) is 1.17. The molecular weight excluding hydrogens is 422 g/mol. The maximum Gasteiger partial charge on any atom is 0.0701 e. The van der Waals surface area contributed by atoms with E-state index in [-0.39, 0.29) is 0 Å². The van der Waals surface area contributed by atoms with Gasteiger partial charge >= 0.3 is 0 Å². The molecule has 1 aromatic carbocycles. The topological polar surface area (TPSA) is 12.0 Å². The number of hydrogen-bond donors (Lipinski definition) is 1. The molecule has 1 heterocycles. The highest BCUT2D eigenvalue weighted by Crippen LogP contribution is 2.31. The molecule has 0 radical (unpaired) electrons. The molecule has 0 aliphatic heterocycles. The molecule has 0 bridgehead atoms. The largest absolute Gasteiger partial charge is 0.309 e. The van der Waals surface area contributed by atoms with Gasteiger partial charge in [-0.3, -0.25) is 0 Å². The Morgan fingerprint density at radius 1 is 1.25 bits per heavy atom. The minimum Gasteiger partial charge on any atom is -0.309 e. The van der Waals surface area contributed by atoms with Crippen LogP contribution in [0.5, 0.6) is 0 Å². The van der Waals surface area contributed by atoms with Gasteiger partial charge in [0.2, 0.25) is 0 Å². The van der Waals surface area contributed by atoms with E-state index >= 15 is 0 Å². The van der Waals surface area contributed by atoms with Gasteiger partial charge in [-0.15, -0.1) is 11.3 Å². The molecule has 1 N–H and O–H groups in total. The first-order valence-corrected chi connectivity index (χ1v) is 9.30. The molecular formula is C15H16Br2ClNS. The lowest BCUT2D eigenvalue weighted by Crippen LogP contribution is -2.23. The average Bonchev–Trinajstić information content (AvgIpc) is 2.83. The Kier molecular flexibility index (Phi) is 6.56. The highest BCUT2D eigenvalue weighted by molar-refractivity contribution is 9.11. The molecule has 108 valence electrons. The molecule has 0 spiro atoms. The van der Waals surface area contributed by atoms with Crippen LogP contribution in [-0.4, -0.2) is 6.54 Å². The average molecular weight is 438 g/mol. The van der Waals surface area contributed by atoms with Gasteiger partial charge in [-0.25, -0.2) is 0 Å². The van der Waals surface area contributed by atoms with Crippen molar-refractivity contribution in [3.63, 3.8) is 0 Å². The number of halogens is 3. The van der Waals surface area contributed by atoms with E-state index in [0.29, 0.717) is 6.04 Å². The summed E-state index contributed by atoms with van der Waals surface area (Å²) in [5.74, 6) is 0. The first kappa shape index (κ1) is 16.5. The summed E-state index contributed by atoms with van der Waals surface area (Å²) in [4.78, 5) is 1.34. The van der Waals surface area contributed by atoms with Crippen molar-refractivity contribution in [2.24, 2.45) is 0 Å². The Hall–Kier alpha value is 0.130. The van der Waals surface area contributed by atoms with Crippen molar-refractivity contribution in [2.45, 2.75) is 25.8 Å². The Morgan fingerprint density at radius 3 is 2.65 bits per heavy atom. The van der Waals surface area contributed by atoms with Gasteiger partial charge in [0, 0.05) is 20.4 Å². The number of rotatable bonds is 6. The van der Waals surface area contributed by atoms with Crippen LogP contribution in [-0.2, 0) is 6.42 Å². The SMILES string of the molecule is CCCNC(Cc1ccc(Br)cc1Cl)c1ccc(Br)s1. The van der Waals surface area contributed by atoms with Gasteiger partial charge in [-0.2, -0.15) is 0 Å². The summed E-state index contributed by atoms with van der Waals surface area (Å²) in [6.07, 6.45) is 2.02.